The maximum absolute atomic E-state index is 12.9. The normalized spacial score (nSPS) is 13.0. The number of rotatable bonds is 5. The van der Waals surface area contributed by atoms with Crippen LogP contribution in [0.5, 0.6) is 0 Å². The van der Waals surface area contributed by atoms with Crippen LogP contribution in [-0.2, 0) is 17.6 Å². The summed E-state index contributed by atoms with van der Waals surface area (Å²) in [5.41, 5.74) is 7.98. The van der Waals surface area contributed by atoms with Gasteiger partial charge in [0.05, 0.1) is 11.4 Å². The minimum Gasteiger partial charge on any atom is -0.353 e. The Kier molecular flexibility index (Phi) is 4.83. The van der Waals surface area contributed by atoms with Crippen molar-refractivity contribution >= 4 is 22.5 Å². The second kappa shape index (κ2) is 7.79. The first kappa shape index (κ1) is 18.6. The lowest BCUT2D eigenvalue weighted by Crippen LogP contribution is -2.28. The van der Waals surface area contributed by atoms with Crippen molar-refractivity contribution in [3.05, 3.63) is 83.6 Å². The first-order valence-corrected chi connectivity index (χ1v) is 10.6. The minimum atomic E-state index is 0.218. The zero-order valence-corrected chi connectivity index (χ0v) is 17.2. The third-order valence-electron chi connectivity index (χ3n) is 5.99. The first-order chi connectivity index (χ1) is 14.7. The SMILES string of the molecule is Cc1ccc2[nH]c(-c3ccccn3)c(CCCC(=O)N3CCc4ccccc43)c2c1. The van der Waals surface area contributed by atoms with Gasteiger partial charge in [0.25, 0.3) is 0 Å². The van der Waals surface area contributed by atoms with E-state index in [1.807, 2.05) is 41.4 Å². The Bertz CT molecular complexity index is 1210. The van der Waals surface area contributed by atoms with Crippen molar-refractivity contribution in [3.63, 3.8) is 0 Å². The fourth-order valence-electron chi connectivity index (χ4n) is 4.50. The van der Waals surface area contributed by atoms with Gasteiger partial charge in [0.15, 0.2) is 0 Å². The second-order valence-corrected chi connectivity index (χ2v) is 8.02. The van der Waals surface area contributed by atoms with E-state index in [1.54, 1.807) is 0 Å². The molecule has 0 radical (unpaired) electrons. The van der Waals surface area contributed by atoms with E-state index in [1.165, 1.54) is 22.1 Å². The van der Waals surface area contributed by atoms with Crippen molar-refractivity contribution < 1.29 is 4.79 Å². The van der Waals surface area contributed by atoms with Gasteiger partial charge in [-0.3, -0.25) is 9.78 Å². The van der Waals surface area contributed by atoms with Gasteiger partial charge in [-0.15, -0.1) is 0 Å². The van der Waals surface area contributed by atoms with Crippen LogP contribution in [0.1, 0.15) is 29.5 Å². The molecule has 1 N–H and O–H groups in total. The smallest absolute Gasteiger partial charge is 0.227 e. The zero-order chi connectivity index (χ0) is 20.5. The summed E-state index contributed by atoms with van der Waals surface area (Å²) in [5.74, 6) is 0.218. The number of aryl methyl sites for hydroxylation is 2. The molecule has 0 saturated heterocycles. The second-order valence-electron chi connectivity index (χ2n) is 8.02. The average molecular weight is 396 g/mol. The lowest BCUT2D eigenvalue weighted by atomic mass is 10.0. The van der Waals surface area contributed by atoms with Crippen LogP contribution in [0.15, 0.2) is 66.9 Å². The van der Waals surface area contributed by atoms with Gasteiger partial charge < -0.3 is 9.88 Å². The van der Waals surface area contributed by atoms with Crippen molar-refractivity contribution in [2.75, 3.05) is 11.4 Å². The fourth-order valence-corrected chi connectivity index (χ4v) is 4.50. The number of carbonyl (C=O) groups excluding carboxylic acids is 1. The Morgan fingerprint density at radius 2 is 1.97 bits per heavy atom. The molecule has 0 atom stereocenters. The van der Waals surface area contributed by atoms with Crippen LogP contribution in [0.2, 0.25) is 0 Å². The van der Waals surface area contributed by atoms with Gasteiger partial charge in [-0.1, -0.05) is 35.9 Å². The molecule has 5 rings (SSSR count). The lowest BCUT2D eigenvalue weighted by Gasteiger charge is -2.17. The number of aromatic amines is 1. The number of para-hydroxylation sites is 1. The largest absolute Gasteiger partial charge is 0.353 e. The highest BCUT2D eigenvalue weighted by molar-refractivity contribution is 5.95. The summed E-state index contributed by atoms with van der Waals surface area (Å²) in [6.45, 7) is 2.91. The van der Waals surface area contributed by atoms with Crippen LogP contribution >= 0.6 is 0 Å². The number of nitrogens with one attached hydrogen (secondary N) is 1. The lowest BCUT2D eigenvalue weighted by molar-refractivity contribution is -0.118. The number of hydrogen-bond acceptors (Lipinski definition) is 2. The fraction of sp³-hybridized carbons (Fsp3) is 0.231. The highest BCUT2D eigenvalue weighted by atomic mass is 16.2. The van der Waals surface area contributed by atoms with E-state index < -0.39 is 0 Å². The minimum absolute atomic E-state index is 0.218. The number of amides is 1. The molecule has 0 unspecified atom stereocenters. The zero-order valence-electron chi connectivity index (χ0n) is 17.2. The van der Waals surface area contributed by atoms with E-state index in [9.17, 15) is 4.79 Å². The molecule has 1 aliphatic rings. The Morgan fingerprint density at radius 3 is 2.83 bits per heavy atom. The number of H-pyrrole nitrogens is 1. The number of nitrogens with zero attached hydrogens (tertiary/aromatic N) is 2. The van der Waals surface area contributed by atoms with Crippen molar-refractivity contribution in [2.45, 2.75) is 32.6 Å². The third kappa shape index (κ3) is 3.39. The number of anilines is 1. The molecule has 4 aromatic rings. The molecule has 30 heavy (non-hydrogen) atoms. The molecule has 0 spiro atoms. The number of pyridine rings is 1. The van der Waals surface area contributed by atoms with Crippen molar-refractivity contribution in [3.8, 4) is 11.4 Å². The number of carbonyl (C=O) groups is 1. The van der Waals surface area contributed by atoms with E-state index in [0.717, 1.165) is 48.4 Å². The Balaban J connectivity index is 1.38. The average Bonchev–Trinajstić information content (AvgIpc) is 3.36. The van der Waals surface area contributed by atoms with Gasteiger partial charge in [-0.25, -0.2) is 0 Å². The van der Waals surface area contributed by atoms with E-state index in [0.29, 0.717) is 6.42 Å². The number of fused-ring (bicyclic) bond motifs is 2. The number of aromatic nitrogens is 2. The third-order valence-corrected chi connectivity index (χ3v) is 5.99. The predicted molar refractivity (Wildman–Crippen MR) is 122 cm³/mol. The molecule has 0 bridgehead atoms. The summed E-state index contributed by atoms with van der Waals surface area (Å²) in [6.07, 6.45) is 4.99. The monoisotopic (exact) mass is 395 g/mol. The summed E-state index contributed by atoms with van der Waals surface area (Å²) in [4.78, 5) is 23.0. The van der Waals surface area contributed by atoms with Crippen LogP contribution in [0.25, 0.3) is 22.3 Å². The molecule has 0 fully saturated rings. The molecule has 4 heteroatoms. The van der Waals surface area contributed by atoms with E-state index in [-0.39, 0.29) is 5.91 Å². The van der Waals surface area contributed by atoms with Crippen LogP contribution in [-0.4, -0.2) is 22.4 Å². The molecule has 2 aromatic heterocycles. The molecular weight excluding hydrogens is 370 g/mol. The van der Waals surface area contributed by atoms with Crippen LogP contribution in [0.3, 0.4) is 0 Å². The van der Waals surface area contributed by atoms with Crippen LogP contribution in [0, 0.1) is 6.92 Å². The Morgan fingerprint density at radius 1 is 1.10 bits per heavy atom. The maximum Gasteiger partial charge on any atom is 0.227 e. The highest BCUT2D eigenvalue weighted by Crippen LogP contribution is 2.32. The Labute approximate surface area is 176 Å². The van der Waals surface area contributed by atoms with Crippen LogP contribution in [0.4, 0.5) is 5.69 Å². The standard InChI is InChI=1S/C26H25N3O/c1-18-12-13-22-21(17-18)20(26(28-22)23-9-4-5-15-27-23)8-6-11-25(30)29-16-14-19-7-2-3-10-24(19)29/h2-5,7,9-10,12-13,15,17,28H,6,8,11,14,16H2,1H3. The highest BCUT2D eigenvalue weighted by Gasteiger charge is 2.24. The summed E-state index contributed by atoms with van der Waals surface area (Å²) >= 11 is 0. The van der Waals surface area contributed by atoms with E-state index >= 15 is 0 Å². The molecule has 0 aliphatic carbocycles. The molecule has 4 nitrogen and oxygen atoms in total. The molecule has 1 aliphatic heterocycles. The first-order valence-electron chi connectivity index (χ1n) is 10.6. The molecular formula is C26H25N3O. The summed E-state index contributed by atoms with van der Waals surface area (Å²) in [7, 11) is 0. The predicted octanol–water partition coefficient (Wildman–Crippen LogP) is 5.45. The van der Waals surface area contributed by atoms with Crippen molar-refractivity contribution in [1.82, 2.24) is 9.97 Å². The molecule has 0 saturated carbocycles. The van der Waals surface area contributed by atoms with Crippen LogP contribution < -0.4 is 4.90 Å². The van der Waals surface area contributed by atoms with Gasteiger partial charge in [0.1, 0.15) is 0 Å². The number of benzene rings is 2. The van der Waals surface area contributed by atoms with Gasteiger partial charge in [0, 0.05) is 35.8 Å². The molecule has 2 aromatic carbocycles. The quantitative estimate of drug-likeness (QED) is 0.488. The van der Waals surface area contributed by atoms with E-state index in [2.05, 4.69) is 47.2 Å². The Hall–Kier alpha value is -3.40. The van der Waals surface area contributed by atoms with Gasteiger partial charge >= 0.3 is 0 Å². The van der Waals surface area contributed by atoms with Gasteiger partial charge in [-0.05, 0) is 67.6 Å². The summed E-state index contributed by atoms with van der Waals surface area (Å²) in [5, 5.41) is 1.23. The van der Waals surface area contributed by atoms with Gasteiger partial charge in [-0.2, -0.15) is 0 Å². The molecule has 150 valence electrons. The molecule has 3 heterocycles. The molecule has 1 amide bonds. The van der Waals surface area contributed by atoms with E-state index in [4.69, 9.17) is 0 Å². The summed E-state index contributed by atoms with van der Waals surface area (Å²) < 4.78 is 0. The van der Waals surface area contributed by atoms with Crippen molar-refractivity contribution in [2.24, 2.45) is 0 Å². The maximum atomic E-state index is 12.9. The number of hydrogen-bond donors (Lipinski definition) is 1. The topological polar surface area (TPSA) is 49.0 Å². The van der Waals surface area contributed by atoms with Gasteiger partial charge in [0.2, 0.25) is 5.91 Å². The summed E-state index contributed by atoms with van der Waals surface area (Å²) in [6, 6.07) is 20.7. The van der Waals surface area contributed by atoms with Crippen molar-refractivity contribution in [1.29, 1.82) is 0 Å².